The molecule has 0 spiro atoms. The molecule has 33 heavy (non-hydrogen) atoms. The van der Waals surface area contributed by atoms with Crippen molar-refractivity contribution in [2.75, 3.05) is 0 Å². The molecule has 4 rings (SSSR count). The molecule has 4 aromatic carbocycles. The molecule has 0 aromatic heterocycles. The van der Waals surface area contributed by atoms with Crippen LogP contribution in [0.2, 0.25) is 0 Å². The van der Waals surface area contributed by atoms with E-state index in [1.54, 1.807) is 0 Å². The first-order valence-electron chi connectivity index (χ1n) is 11.8. The van der Waals surface area contributed by atoms with Gasteiger partial charge >= 0.3 is 0 Å². The Hall–Kier alpha value is -3.32. The maximum absolute atomic E-state index is 3.88. The molecule has 0 N–H and O–H groups in total. The van der Waals surface area contributed by atoms with E-state index >= 15 is 0 Å². The average Bonchev–Trinajstić information content (AvgIpc) is 2.78. The van der Waals surface area contributed by atoms with Crippen molar-refractivity contribution in [3.63, 3.8) is 0 Å². The van der Waals surface area contributed by atoms with E-state index in [2.05, 4.69) is 121 Å². The van der Waals surface area contributed by atoms with E-state index in [1.165, 1.54) is 60.9 Å². The molecule has 0 radical (unpaired) electrons. The van der Waals surface area contributed by atoms with Gasteiger partial charge in [-0.2, -0.15) is 0 Å². The molecule has 1 heteroatoms. The zero-order chi connectivity index (χ0) is 23.7. The van der Waals surface area contributed by atoms with E-state index in [9.17, 15) is 0 Å². The van der Waals surface area contributed by atoms with Crippen molar-refractivity contribution in [1.82, 2.24) is 0 Å². The van der Waals surface area contributed by atoms with Crippen molar-refractivity contribution in [2.45, 2.75) is 41.5 Å². The monoisotopic (exact) mass is 428 g/mol. The number of rotatable bonds is 5. The van der Waals surface area contributed by atoms with Crippen LogP contribution in [0.25, 0.3) is 17.2 Å². The fourth-order valence-electron chi connectivity index (χ4n) is 5.41. The molecule has 0 unspecified atom stereocenters. The highest BCUT2D eigenvalue weighted by Gasteiger charge is 2.30. The second-order valence-electron chi connectivity index (χ2n) is 9.39. The normalized spacial score (nSPS) is 10.8. The van der Waals surface area contributed by atoms with Crippen LogP contribution in [-0.4, -0.2) is 6.71 Å². The molecule has 0 atom stereocenters. The molecule has 0 heterocycles. The lowest BCUT2D eigenvalue weighted by molar-refractivity contribution is 1.39. The Bertz CT molecular complexity index is 1210. The van der Waals surface area contributed by atoms with Gasteiger partial charge in [0.1, 0.15) is 0 Å². The van der Waals surface area contributed by atoms with Gasteiger partial charge < -0.3 is 0 Å². The van der Waals surface area contributed by atoms with Crippen LogP contribution in [-0.2, 0) is 0 Å². The van der Waals surface area contributed by atoms with Crippen LogP contribution in [0.15, 0.2) is 79.4 Å². The van der Waals surface area contributed by atoms with Crippen molar-refractivity contribution in [2.24, 2.45) is 0 Å². The molecule has 4 aromatic rings. The Balaban J connectivity index is 1.97. The van der Waals surface area contributed by atoms with Crippen molar-refractivity contribution in [3.8, 4) is 11.1 Å². The zero-order valence-electron chi connectivity index (χ0n) is 20.8. The summed E-state index contributed by atoms with van der Waals surface area (Å²) in [6.45, 7) is 17.7. The van der Waals surface area contributed by atoms with Gasteiger partial charge in [-0.1, -0.05) is 135 Å². The third-order valence-electron chi connectivity index (χ3n) is 7.02. The van der Waals surface area contributed by atoms with Crippen molar-refractivity contribution >= 4 is 29.2 Å². The minimum atomic E-state index is 0.213. The lowest BCUT2D eigenvalue weighted by atomic mass is 9.33. The molecule has 0 aliphatic carbocycles. The molecular formula is C32H33B. The molecule has 0 nitrogen and oxygen atoms in total. The number of aryl methyl sites for hydroxylation is 6. The van der Waals surface area contributed by atoms with Gasteiger partial charge in [0.25, 0.3) is 0 Å². The first-order valence-corrected chi connectivity index (χ1v) is 11.8. The molecule has 164 valence electrons. The van der Waals surface area contributed by atoms with Crippen LogP contribution in [0.5, 0.6) is 0 Å². The summed E-state index contributed by atoms with van der Waals surface area (Å²) < 4.78 is 0. The van der Waals surface area contributed by atoms with Gasteiger partial charge in [0.2, 0.25) is 6.71 Å². The minimum absolute atomic E-state index is 0.213. The molecule has 0 aliphatic heterocycles. The van der Waals surface area contributed by atoms with Crippen LogP contribution in [0.4, 0.5) is 0 Å². The summed E-state index contributed by atoms with van der Waals surface area (Å²) >= 11 is 0. The van der Waals surface area contributed by atoms with Crippen LogP contribution < -0.4 is 16.4 Å². The second-order valence-corrected chi connectivity index (χ2v) is 9.39. The Morgan fingerprint density at radius 2 is 0.909 bits per heavy atom. The molecule has 0 aliphatic rings. The first kappa shape index (κ1) is 22.9. The van der Waals surface area contributed by atoms with Crippen LogP contribution in [0, 0.1) is 41.5 Å². The van der Waals surface area contributed by atoms with Gasteiger partial charge in [-0.15, -0.1) is 0 Å². The van der Waals surface area contributed by atoms with E-state index in [0.29, 0.717) is 0 Å². The summed E-state index contributed by atoms with van der Waals surface area (Å²) in [5.74, 6) is 0. The third kappa shape index (κ3) is 4.33. The van der Waals surface area contributed by atoms with Crippen LogP contribution >= 0.6 is 0 Å². The van der Waals surface area contributed by atoms with Gasteiger partial charge in [0.05, 0.1) is 0 Å². The largest absolute Gasteiger partial charge is 0.243 e. The van der Waals surface area contributed by atoms with Crippen LogP contribution in [0.1, 0.15) is 38.9 Å². The van der Waals surface area contributed by atoms with E-state index in [-0.39, 0.29) is 6.71 Å². The summed E-state index contributed by atoms with van der Waals surface area (Å²) in [4.78, 5) is 0. The van der Waals surface area contributed by atoms with Gasteiger partial charge in [0.15, 0.2) is 0 Å². The standard InChI is InChI=1S/C32H33B/c1-8-27-15-17-28(18-16-27)29-19-25(6)32(26(7)20-29)33(30-21(2)11-9-12-22(30)3)31-23(4)13-10-14-24(31)5/h8-20H,1H2,2-7H3. The fourth-order valence-corrected chi connectivity index (χ4v) is 5.41. The molecule has 0 bridgehead atoms. The zero-order valence-corrected chi connectivity index (χ0v) is 20.8. The fraction of sp³-hybridized carbons (Fsp3) is 0.188. The molecular weight excluding hydrogens is 395 g/mol. The lowest BCUT2D eigenvalue weighted by Crippen LogP contribution is -2.57. The highest BCUT2D eigenvalue weighted by Crippen LogP contribution is 2.23. The maximum atomic E-state index is 3.88. The van der Waals surface area contributed by atoms with E-state index < -0.39 is 0 Å². The van der Waals surface area contributed by atoms with Crippen molar-refractivity contribution in [3.05, 3.63) is 118 Å². The highest BCUT2D eigenvalue weighted by atomic mass is 14.1. The lowest BCUT2D eigenvalue weighted by Gasteiger charge is -2.27. The summed E-state index contributed by atoms with van der Waals surface area (Å²) in [5, 5.41) is 0. The average molecular weight is 428 g/mol. The first-order chi connectivity index (χ1) is 15.8. The minimum Gasteiger partial charge on any atom is -0.0985 e. The summed E-state index contributed by atoms with van der Waals surface area (Å²) in [6.07, 6.45) is 1.89. The topological polar surface area (TPSA) is 0 Å². The van der Waals surface area contributed by atoms with Crippen molar-refractivity contribution in [1.29, 1.82) is 0 Å². The van der Waals surface area contributed by atoms with Gasteiger partial charge in [0, 0.05) is 0 Å². The predicted molar refractivity (Wildman–Crippen MR) is 148 cm³/mol. The summed E-state index contributed by atoms with van der Waals surface area (Å²) in [6, 6.07) is 26.7. The summed E-state index contributed by atoms with van der Waals surface area (Å²) in [5.41, 5.74) is 16.0. The second kappa shape index (κ2) is 9.28. The molecule has 0 saturated carbocycles. The Kier molecular flexibility index (Phi) is 6.43. The molecule has 0 amide bonds. The van der Waals surface area contributed by atoms with Gasteiger partial charge in [-0.25, -0.2) is 0 Å². The summed E-state index contributed by atoms with van der Waals surface area (Å²) in [7, 11) is 0. The predicted octanol–water partition coefficient (Wildman–Crippen LogP) is 6.36. The van der Waals surface area contributed by atoms with Gasteiger partial charge in [-0.3, -0.25) is 0 Å². The number of benzene rings is 4. The quantitative estimate of drug-likeness (QED) is 0.324. The van der Waals surface area contributed by atoms with E-state index in [4.69, 9.17) is 0 Å². The van der Waals surface area contributed by atoms with Gasteiger partial charge in [-0.05, 0) is 58.2 Å². The number of hydrogen-bond acceptors (Lipinski definition) is 0. The number of hydrogen-bond donors (Lipinski definition) is 0. The Morgan fingerprint density at radius 3 is 1.30 bits per heavy atom. The Labute approximate surface area is 200 Å². The SMILES string of the molecule is C=Cc1ccc(-c2cc(C)c(B(c3c(C)cccc3C)c3c(C)cccc3C)c(C)c2)cc1. The van der Waals surface area contributed by atoms with Crippen LogP contribution in [0.3, 0.4) is 0 Å². The molecule has 0 saturated heterocycles. The highest BCUT2D eigenvalue weighted by molar-refractivity contribution is 6.97. The maximum Gasteiger partial charge on any atom is 0.243 e. The molecule has 0 fully saturated rings. The van der Waals surface area contributed by atoms with E-state index in [0.717, 1.165) is 5.56 Å². The van der Waals surface area contributed by atoms with Crippen molar-refractivity contribution < 1.29 is 0 Å². The third-order valence-corrected chi connectivity index (χ3v) is 7.02. The van der Waals surface area contributed by atoms with E-state index in [1.807, 2.05) is 6.08 Å². The Morgan fingerprint density at radius 1 is 0.515 bits per heavy atom. The smallest absolute Gasteiger partial charge is 0.0985 e.